The lowest BCUT2D eigenvalue weighted by Crippen LogP contribution is -1.83. The van der Waals surface area contributed by atoms with E-state index in [-0.39, 0.29) is 5.82 Å². The third-order valence-electron chi connectivity index (χ3n) is 2.27. The van der Waals surface area contributed by atoms with Gasteiger partial charge in [0.1, 0.15) is 5.82 Å². The lowest BCUT2D eigenvalue weighted by molar-refractivity contribution is 0.620. The maximum absolute atomic E-state index is 13.1. The van der Waals surface area contributed by atoms with Crippen molar-refractivity contribution in [2.45, 2.75) is 13.8 Å². The zero-order chi connectivity index (χ0) is 9.42. The van der Waals surface area contributed by atoms with Gasteiger partial charge in [-0.3, -0.25) is 0 Å². The van der Waals surface area contributed by atoms with Crippen molar-refractivity contribution in [1.82, 2.24) is 0 Å². The van der Waals surface area contributed by atoms with E-state index in [1.807, 2.05) is 25.1 Å². The highest BCUT2D eigenvalue weighted by Gasteiger charge is 1.99. The second kappa shape index (κ2) is 2.84. The van der Waals surface area contributed by atoms with Crippen LogP contribution in [0.4, 0.5) is 4.39 Å². The van der Waals surface area contributed by atoms with Crippen LogP contribution in [-0.2, 0) is 0 Å². The molecule has 0 unspecified atom stereocenters. The predicted molar refractivity (Wildman–Crippen MR) is 53.4 cm³/mol. The normalized spacial score (nSPS) is 10.7. The molecule has 0 atom stereocenters. The Labute approximate surface area is 77.0 Å². The van der Waals surface area contributed by atoms with Crippen molar-refractivity contribution < 1.29 is 4.39 Å². The Morgan fingerprint density at radius 1 is 0.923 bits per heavy atom. The molecule has 1 heteroatoms. The van der Waals surface area contributed by atoms with Crippen LogP contribution in [0.3, 0.4) is 0 Å². The Morgan fingerprint density at radius 2 is 1.69 bits per heavy atom. The molecule has 0 amide bonds. The average Bonchev–Trinajstić information content (AvgIpc) is 2.08. The molecule has 0 saturated heterocycles. The van der Waals surface area contributed by atoms with E-state index >= 15 is 0 Å². The molecule has 2 aromatic carbocycles. The van der Waals surface area contributed by atoms with Gasteiger partial charge >= 0.3 is 0 Å². The Balaban J connectivity index is 2.81. The first-order chi connectivity index (χ1) is 6.16. The molecule has 0 heterocycles. The molecule has 0 fully saturated rings. The minimum absolute atomic E-state index is 0.128. The predicted octanol–water partition coefficient (Wildman–Crippen LogP) is 3.60. The van der Waals surface area contributed by atoms with E-state index in [0.29, 0.717) is 5.56 Å². The first kappa shape index (κ1) is 8.24. The van der Waals surface area contributed by atoms with E-state index in [0.717, 1.165) is 10.8 Å². The van der Waals surface area contributed by atoms with Gasteiger partial charge in [0.15, 0.2) is 0 Å². The summed E-state index contributed by atoms with van der Waals surface area (Å²) in [5.74, 6) is -0.128. The first-order valence-corrected chi connectivity index (χ1v) is 4.33. The highest BCUT2D eigenvalue weighted by Crippen LogP contribution is 2.19. The van der Waals surface area contributed by atoms with Crippen LogP contribution in [0.15, 0.2) is 30.3 Å². The molecular weight excluding hydrogens is 163 g/mol. The number of rotatable bonds is 0. The first-order valence-electron chi connectivity index (χ1n) is 4.33. The van der Waals surface area contributed by atoms with E-state index < -0.39 is 0 Å². The molecule has 0 radical (unpaired) electrons. The average molecular weight is 174 g/mol. The van der Waals surface area contributed by atoms with Gasteiger partial charge < -0.3 is 0 Å². The zero-order valence-corrected chi connectivity index (χ0v) is 7.76. The Morgan fingerprint density at radius 3 is 2.46 bits per heavy atom. The van der Waals surface area contributed by atoms with Gasteiger partial charge in [-0.15, -0.1) is 0 Å². The van der Waals surface area contributed by atoms with Gasteiger partial charge in [0.25, 0.3) is 0 Å². The molecule has 0 spiro atoms. The van der Waals surface area contributed by atoms with Crippen LogP contribution in [0.1, 0.15) is 11.1 Å². The van der Waals surface area contributed by atoms with Gasteiger partial charge in [0.2, 0.25) is 0 Å². The topological polar surface area (TPSA) is 0 Å². The summed E-state index contributed by atoms with van der Waals surface area (Å²) in [4.78, 5) is 0. The second-order valence-electron chi connectivity index (χ2n) is 3.45. The fourth-order valence-corrected chi connectivity index (χ4v) is 1.50. The molecule has 2 rings (SSSR count). The molecule has 0 aliphatic heterocycles. The van der Waals surface area contributed by atoms with Gasteiger partial charge in [-0.1, -0.05) is 23.8 Å². The minimum atomic E-state index is -0.128. The quantitative estimate of drug-likeness (QED) is 0.572. The molecule has 0 aromatic heterocycles. The maximum Gasteiger partial charge on any atom is 0.126 e. The summed E-state index contributed by atoms with van der Waals surface area (Å²) in [5, 5.41) is 2.08. The van der Waals surface area contributed by atoms with Crippen molar-refractivity contribution in [1.29, 1.82) is 0 Å². The summed E-state index contributed by atoms with van der Waals surface area (Å²) in [5.41, 5.74) is 1.91. The lowest BCUT2D eigenvalue weighted by Gasteiger charge is -2.02. The molecule has 0 nitrogen and oxygen atoms in total. The van der Waals surface area contributed by atoms with Crippen LogP contribution >= 0.6 is 0 Å². The number of fused-ring (bicyclic) bond motifs is 1. The highest BCUT2D eigenvalue weighted by atomic mass is 19.1. The lowest BCUT2D eigenvalue weighted by atomic mass is 10.1. The summed E-state index contributed by atoms with van der Waals surface area (Å²) < 4.78 is 13.1. The van der Waals surface area contributed by atoms with Crippen LogP contribution in [0, 0.1) is 19.7 Å². The van der Waals surface area contributed by atoms with Gasteiger partial charge in [0, 0.05) is 0 Å². The van der Waals surface area contributed by atoms with Crippen LogP contribution in [0.25, 0.3) is 10.8 Å². The molecule has 0 saturated carbocycles. The monoisotopic (exact) mass is 174 g/mol. The largest absolute Gasteiger partial charge is 0.207 e. The second-order valence-corrected chi connectivity index (χ2v) is 3.45. The van der Waals surface area contributed by atoms with Crippen molar-refractivity contribution in [3.05, 3.63) is 47.3 Å². The van der Waals surface area contributed by atoms with Gasteiger partial charge in [-0.2, -0.15) is 0 Å². The molecular formula is C12H11F. The van der Waals surface area contributed by atoms with Crippen molar-refractivity contribution in [2.75, 3.05) is 0 Å². The Hall–Kier alpha value is -1.37. The summed E-state index contributed by atoms with van der Waals surface area (Å²) >= 11 is 0. The van der Waals surface area contributed by atoms with E-state index in [1.165, 1.54) is 5.56 Å². The van der Waals surface area contributed by atoms with E-state index in [1.54, 1.807) is 13.0 Å². The minimum Gasteiger partial charge on any atom is -0.207 e. The summed E-state index contributed by atoms with van der Waals surface area (Å²) in [6.45, 7) is 3.83. The van der Waals surface area contributed by atoms with Gasteiger partial charge in [-0.05, 0) is 42.3 Å². The number of benzene rings is 2. The van der Waals surface area contributed by atoms with Crippen LogP contribution in [-0.4, -0.2) is 0 Å². The summed E-state index contributed by atoms with van der Waals surface area (Å²) in [7, 11) is 0. The van der Waals surface area contributed by atoms with Crippen LogP contribution in [0.2, 0.25) is 0 Å². The molecule has 0 aliphatic carbocycles. The number of hydrogen-bond acceptors (Lipinski definition) is 0. The Bertz CT molecular complexity index is 458. The van der Waals surface area contributed by atoms with Crippen LogP contribution in [0.5, 0.6) is 0 Å². The van der Waals surface area contributed by atoms with Crippen molar-refractivity contribution in [3.8, 4) is 0 Å². The smallest absolute Gasteiger partial charge is 0.126 e. The highest BCUT2D eigenvalue weighted by molar-refractivity contribution is 5.83. The van der Waals surface area contributed by atoms with Crippen molar-refractivity contribution in [2.24, 2.45) is 0 Å². The summed E-state index contributed by atoms with van der Waals surface area (Å²) in [6, 6.07) is 9.49. The van der Waals surface area contributed by atoms with Crippen LogP contribution < -0.4 is 0 Å². The van der Waals surface area contributed by atoms with E-state index in [4.69, 9.17) is 0 Å². The van der Waals surface area contributed by atoms with Gasteiger partial charge in [-0.25, -0.2) is 4.39 Å². The fourth-order valence-electron chi connectivity index (χ4n) is 1.50. The standard InChI is InChI=1S/C12H11F/c1-8-3-4-10-7-12(13)9(2)6-11(10)5-8/h3-7H,1-2H3. The van der Waals surface area contributed by atoms with Gasteiger partial charge in [0.05, 0.1) is 0 Å². The number of aryl methyl sites for hydroxylation is 2. The van der Waals surface area contributed by atoms with Crippen molar-refractivity contribution >= 4 is 10.8 Å². The van der Waals surface area contributed by atoms with E-state index in [9.17, 15) is 4.39 Å². The number of hydrogen-bond donors (Lipinski definition) is 0. The zero-order valence-electron chi connectivity index (χ0n) is 7.76. The Kier molecular flexibility index (Phi) is 1.80. The summed E-state index contributed by atoms with van der Waals surface area (Å²) in [6.07, 6.45) is 0. The molecule has 0 N–H and O–H groups in total. The molecule has 0 bridgehead atoms. The molecule has 0 aliphatic rings. The molecule has 66 valence electrons. The molecule has 13 heavy (non-hydrogen) atoms. The number of halogens is 1. The molecule has 2 aromatic rings. The maximum atomic E-state index is 13.1. The van der Waals surface area contributed by atoms with E-state index in [2.05, 4.69) is 6.07 Å². The fraction of sp³-hybridized carbons (Fsp3) is 0.167. The third kappa shape index (κ3) is 1.42. The third-order valence-corrected chi connectivity index (χ3v) is 2.27. The van der Waals surface area contributed by atoms with Crippen molar-refractivity contribution in [3.63, 3.8) is 0 Å². The SMILES string of the molecule is Cc1ccc2cc(F)c(C)cc2c1.